The fourth-order valence-corrected chi connectivity index (χ4v) is 0. The zero-order chi connectivity index (χ0) is 3.41. The topological polar surface area (TPSA) is 0 Å². The molecule has 0 rings (SSSR count). The van der Waals surface area contributed by atoms with Gasteiger partial charge >= 0.3 is 0 Å². The fraction of sp³-hybridized carbons (Fsp3) is 0.333. The minimum atomic E-state index is 0. The summed E-state index contributed by atoms with van der Waals surface area (Å²) in [5.74, 6) is 0. The molecule has 2 heteroatoms. The summed E-state index contributed by atoms with van der Waals surface area (Å²) in [6.07, 6.45) is 1.77. The SMILES string of the molecule is CC=CCl.[Cu]. The van der Waals surface area contributed by atoms with Crippen LogP contribution in [0.3, 0.4) is 0 Å². The van der Waals surface area contributed by atoms with Crippen LogP contribution in [0.4, 0.5) is 0 Å². The van der Waals surface area contributed by atoms with Gasteiger partial charge in [0.05, 0.1) is 0 Å². The molecule has 0 nitrogen and oxygen atoms in total. The van der Waals surface area contributed by atoms with Crippen LogP contribution in [0, 0.1) is 0 Å². The molecule has 0 atom stereocenters. The van der Waals surface area contributed by atoms with Crippen molar-refractivity contribution in [2.45, 2.75) is 6.92 Å². The van der Waals surface area contributed by atoms with E-state index < -0.39 is 0 Å². The minimum absolute atomic E-state index is 0. The van der Waals surface area contributed by atoms with Gasteiger partial charge in [0.1, 0.15) is 0 Å². The van der Waals surface area contributed by atoms with Crippen LogP contribution in [-0.4, -0.2) is 0 Å². The van der Waals surface area contributed by atoms with Gasteiger partial charge in [-0.15, -0.1) is 0 Å². The molecule has 0 aliphatic carbocycles. The van der Waals surface area contributed by atoms with E-state index in [0.29, 0.717) is 0 Å². The maximum absolute atomic E-state index is 5.01. The molecule has 0 fully saturated rings. The third-order valence-electron chi connectivity index (χ3n) is 0.126. The first-order chi connectivity index (χ1) is 1.91. The van der Waals surface area contributed by atoms with Crippen molar-refractivity contribution in [1.82, 2.24) is 0 Å². The van der Waals surface area contributed by atoms with E-state index in [-0.39, 0.29) is 17.1 Å². The second-order valence-corrected chi connectivity index (χ2v) is 0.711. The summed E-state index contributed by atoms with van der Waals surface area (Å²) in [6, 6.07) is 0. The maximum Gasteiger partial charge on any atom is 0 e. The number of allylic oxidation sites excluding steroid dienone is 1. The van der Waals surface area contributed by atoms with Crippen molar-refractivity contribution in [2.75, 3.05) is 0 Å². The quantitative estimate of drug-likeness (QED) is 0.449. The fourth-order valence-electron chi connectivity index (χ4n) is 0. The van der Waals surface area contributed by atoms with E-state index in [1.807, 2.05) is 6.92 Å². The van der Waals surface area contributed by atoms with Crippen molar-refractivity contribution < 1.29 is 17.1 Å². The van der Waals surface area contributed by atoms with Gasteiger partial charge in [-0.25, -0.2) is 0 Å². The van der Waals surface area contributed by atoms with Gasteiger partial charge in [0, 0.05) is 17.1 Å². The summed E-state index contributed by atoms with van der Waals surface area (Å²) in [7, 11) is 0. The first-order valence-electron chi connectivity index (χ1n) is 1.13. The standard InChI is InChI=1S/C3H5Cl.Cu/c1-2-3-4;/h2-3H,1H3;. The third kappa shape index (κ3) is 12.3. The Kier molecular flexibility index (Phi) is 16.1. The second-order valence-electron chi connectivity index (χ2n) is 0.459. The first kappa shape index (κ1) is 9.12. The second kappa shape index (κ2) is 8.82. The third-order valence-corrected chi connectivity index (χ3v) is 0.378. The monoisotopic (exact) mass is 139 g/mol. The van der Waals surface area contributed by atoms with E-state index in [9.17, 15) is 0 Å². The summed E-state index contributed by atoms with van der Waals surface area (Å²) in [5, 5.41) is 0. The van der Waals surface area contributed by atoms with Gasteiger partial charge in [0.15, 0.2) is 0 Å². The number of rotatable bonds is 0. The molecule has 0 aromatic rings. The molecule has 0 spiro atoms. The molecule has 0 aliphatic heterocycles. The van der Waals surface area contributed by atoms with Gasteiger partial charge in [-0.1, -0.05) is 17.7 Å². The summed E-state index contributed by atoms with van der Waals surface area (Å²) >= 11 is 5.01. The molecule has 0 bridgehead atoms. The summed E-state index contributed by atoms with van der Waals surface area (Å²) < 4.78 is 0. The largest absolute Gasteiger partial charge is 0.0933 e. The van der Waals surface area contributed by atoms with Gasteiger partial charge in [-0.3, -0.25) is 0 Å². The zero-order valence-corrected chi connectivity index (χ0v) is 4.53. The summed E-state index contributed by atoms with van der Waals surface area (Å²) in [5.41, 5.74) is 1.47. The smallest absolute Gasteiger partial charge is 0 e. The molecular formula is C3H5ClCu. The van der Waals surface area contributed by atoms with Crippen LogP contribution in [-0.2, 0) is 17.1 Å². The maximum atomic E-state index is 5.01. The zero-order valence-electron chi connectivity index (χ0n) is 2.83. The van der Waals surface area contributed by atoms with E-state index in [2.05, 4.69) is 0 Å². The van der Waals surface area contributed by atoms with Crippen molar-refractivity contribution in [3.63, 3.8) is 0 Å². The molecular weight excluding hydrogens is 135 g/mol. The molecule has 5 heavy (non-hydrogen) atoms. The Balaban J connectivity index is 0. The molecule has 0 unspecified atom stereocenters. The van der Waals surface area contributed by atoms with E-state index in [1.54, 1.807) is 6.08 Å². The molecule has 0 aromatic heterocycles. The van der Waals surface area contributed by atoms with Crippen LogP contribution in [0.5, 0.6) is 0 Å². The Morgan fingerprint density at radius 1 is 1.60 bits per heavy atom. The Bertz CT molecular complexity index is 22.1. The Hall–Kier alpha value is 0.549. The first-order valence-corrected chi connectivity index (χ1v) is 1.57. The van der Waals surface area contributed by atoms with Crippen LogP contribution in [0.1, 0.15) is 6.92 Å². The molecule has 35 valence electrons. The Labute approximate surface area is 47.7 Å². The number of hydrogen-bond acceptors (Lipinski definition) is 0. The van der Waals surface area contributed by atoms with Gasteiger partial charge in [-0.2, -0.15) is 0 Å². The molecule has 0 amide bonds. The van der Waals surface area contributed by atoms with Crippen molar-refractivity contribution in [3.05, 3.63) is 11.6 Å². The number of hydrogen-bond donors (Lipinski definition) is 0. The van der Waals surface area contributed by atoms with Crippen LogP contribution in [0.15, 0.2) is 11.6 Å². The van der Waals surface area contributed by atoms with Crippen LogP contribution in [0.25, 0.3) is 0 Å². The van der Waals surface area contributed by atoms with Crippen molar-refractivity contribution >= 4 is 11.6 Å². The van der Waals surface area contributed by atoms with Gasteiger partial charge < -0.3 is 0 Å². The van der Waals surface area contributed by atoms with E-state index >= 15 is 0 Å². The average Bonchev–Trinajstić information content (AvgIpc) is 1.37. The van der Waals surface area contributed by atoms with Gasteiger partial charge in [0.2, 0.25) is 0 Å². The Morgan fingerprint density at radius 3 is 1.80 bits per heavy atom. The van der Waals surface area contributed by atoms with E-state index in [0.717, 1.165) is 0 Å². The molecule has 0 heterocycles. The molecule has 0 N–H and O–H groups in total. The van der Waals surface area contributed by atoms with Crippen LogP contribution >= 0.6 is 11.6 Å². The van der Waals surface area contributed by atoms with Crippen LogP contribution in [0.2, 0.25) is 0 Å². The van der Waals surface area contributed by atoms with E-state index in [1.165, 1.54) is 5.54 Å². The minimum Gasteiger partial charge on any atom is -0.0933 e. The predicted molar refractivity (Wildman–Crippen MR) is 20.7 cm³/mol. The van der Waals surface area contributed by atoms with Gasteiger partial charge in [-0.05, 0) is 12.5 Å². The summed E-state index contributed by atoms with van der Waals surface area (Å²) in [4.78, 5) is 0. The molecule has 0 aliphatic rings. The normalized spacial score (nSPS) is 7.60. The van der Waals surface area contributed by atoms with Gasteiger partial charge in [0.25, 0.3) is 0 Å². The number of halogens is 1. The molecule has 0 saturated heterocycles. The van der Waals surface area contributed by atoms with Crippen LogP contribution < -0.4 is 0 Å². The van der Waals surface area contributed by atoms with E-state index in [4.69, 9.17) is 11.6 Å². The average molecular weight is 140 g/mol. The van der Waals surface area contributed by atoms with Crippen molar-refractivity contribution in [3.8, 4) is 0 Å². The Morgan fingerprint density at radius 2 is 1.80 bits per heavy atom. The van der Waals surface area contributed by atoms with Crippen molar-refractivity contribution in [1.29, 1.82) is 0 Å². The van der Waals surface area contributed by atoms with Crippen molar-refractivity contribution in [2.24, 2.45) is 0 Å². The molecule has 1 radical (unpaired) electrons. The predicted octanol–water partition coefficient (Wildman–Crippen LogP) is 1.76. The summed E-state index contributed by atoms with van der Waals surface area (Å²) in [6.45, 7) is 1.87. The molecule has 0 aromatic carbocycles. The molecule has 0 saturated carbocycles.